The Labute approximate surface area is 197 Å². The van der Waals surface area contributed by atoms with E-state index in [0.717, 1.165) is 20.9 Å². The van der Waals surface area contributed by atoms with Crippen molar-refractivity contribution in [1.82, 2.24) is 30.0 Å². The largest absolute Gasteiger partial charge is 0.477 e. The Kier molecular flexibility index (Phi) is 6.73. The Morgan fingerprint density at radius 3 is 2.84 bits per heavy atom. The predicted octanol–water partition coefficient (Wildman–Crippen LogP) is 0.579. The van der Waals surface area contributed by atoms with Crippen molar-refractivity contribution in [3.05, 3.63) is 27.4 Å². The van der Waals surface area contributed by atoms with Crippen LogP contribution in [0.4, 0.5) is 0 Å². The van der Waals surface area contributed by atoms with E-state index >= 15 is 0 Å². The van der Waals surface area contributed by atoms with Gasteiger partial charge in [0.15, 0.2) is 10.1 Å². The Balaban J connectivity index is 1.48. The fraction of sp³-hybridized carbons (Fsp3) is 0.375. The summed E-state index contributed by atoms with van der Waals surface area (Å²) in [5.41, 5.74) is 0.663. The van der Waals surface area contributed by atoms with Gasteiger partial charge in [0.25, 0.3) is 11.8 Å². The first-order valence-corrected chi connectivity index (χ1v) is 12.6. The number of aryl methyl sites for hydroxylation is 1. The van der Waals surface area contributed by atoms with Gasteiger partial charge in [-0.2, -0.15) is 0 Å². The second kappa shape index (κ2) is 9.51. The van der Waals surface area contributed by atoms with Crippen LogP contribution in [-0.4, -0.2) is 83.3 Å². The second-order valence-corrected chi connectivity index (χ2v) is 10.5. The van der Waals surface area contributed by atoms with Crippen LogP contribution in [0.1, 0.15) is 10.7 Å². The summed E-state index contributed by atoms with van der Waals surface area (Å²) >= 11 is 5.22. The van der Waals surface area contributed by atoms with E-state index in [1.807, 2.05) is 6.92 Å². The highest BCUT2D eigenvalue weighted by Crippen LogP contribution is 2.41. The smallest absolute Gasteiger partial charge is 0.352 e. The molecule has 1 unspecified atom stereocenters. The number of nitrogens with one attached hydrogen (secondary N) is 1. The molecule has 2 amide bonds. The molecule has 4 rings (SSSR count). The molecule has 0 aliphatic carbocycles. The zero-order valence-electron chi connectivity index (χ0n) is 16.5. The van der Waals surface area contributed by atoms with Gasteiger partial charge in [0.2, 0.25) is 0 Å². The van der Waals surface area contributed by atoms with Crippen molar-refractivity contribution < 1.29 is 24.3 Å². The zero-order valence-corrected chi connectivity index (χ0v) is 19.8. The third-order valence-electron chi connectivity index (χ3n) is 4.41. The van der Waals surface area contributed by atoms with E-state index in [1.54, 1.807) is 0 Å². The molecule has 2 aromatic heterocycles. The number of nitrogens with zero attached hydrogens (tertiary/aromatic N) is 6. The van der Waals surface area contributed by atoms with Crippen LogP contribution in [-0.2, 0) is 19.2 Å². The van der Waals surface area contributed by atoms with Crippen molar-refractivity contribution in [1.29, 1.82) is 0 Å². The summed E-state index contributed by atoms with van der Waals surface area (Å²) < 4.78 is 4.42. The van der Waals surface area contributed by atoms with Crippen LogP contribution < -0.4 is 5.32 Å². The molecule has 0 bridgehead atoms. The van der Waals surface area contributed by atoms with E-state index < -0.39 is 29.2 Å². The van der Waals surface area contributed by atoms with E-state index in [-0.39, 0.29) is 17.1 Å². The van der Waals surface area contributed by atoms with E-state index in [2.05, 4.69) is 30.3 Å². The highest BCUT2D eigenvalue weighted by Gasteiger charge is 2.54. The lowest BCUT2D eigenvalue weighted by molar-refractivity contribution is -0.150. The molecule has 1 fully saturated rings. The van der Waals surface area contributed by atoms with E-state index in [9.17, 15) is 19.5 Å². The number of thioether (sulfide) groups is 2. The monoisotopic (exact) mass is 513 g/mol. The third kappa shape index (κ3) is 4.35. The highest BCUT2D eigenvalue weighted by atomic mass is 32.2. The van der Waals surface area contributed by atoms with Crippen LogP contribution in [0.5, 0.6) is 0 Å². The van der Waals surface area contributed by atoms with Gasteiger partial charge in [-0.05, 0) is 24.0 Å². The molecule has 168 valence electrons. The van der Waals surface area contributed by atoms with Crippen LogP contribution in [0.15, 0.2) is 26.1 Å². The maximum absolute atomic E-state index is 12.8. The number of hydrogen-bond donors (Lipinski definition) is 2. The van der Waals surface area contributed by atoms with Crippen molar-refractivity contribution in [2.45, 2.75) is 22.7 Å². The number of carboxylic acid groups (broad SMARTS) is 1. The summed E-state index contributed by atoms with van der Waals surface area (Å²) in [7, 11) is 1.28. The molecule has 2 aliphatic heterocycles. The molecule has 32 heavy (non-hydrogen) atoms. The first kappa shape index (κ1) is 22.6. The van der Waals surface area contributed by atoms with Crippen LogP contribution in [0.2, 0.25) is 0 Å². The minimum atomic E-state index is -1.19. The van der Waals surface area contributed by atoms with Crippen molar-refractivity contribution in [2.75, 3.05) is 18.6 Å². The van der Waals surface area contributed by atoms with Gasteiger partial charge in [0.1, 0.15) is 34.9 Å². The molecular formula is C16H15N7O5S4. The van der Waals surface area contributed by atoms with E-state index in [4.69, 9.17) is 4.84 Å². The molecule has 2 aliphatic rings. The Hall–Kier alpha value is -2.56. The van der Waals surface area contributed by atoms with Gasteiger partial charge in [-0.1, -0.05) is 32.7 Å². The quantitative estimate of drug-likeness (QED) is 0.220. The molecule has 0 radical (unpaired) electrons. The first-order chi connectivity index (χ1) is 15.4. The number of oxime groups is 1. The summed E-state index contributed by atoms with van der Waals surface area (Å²) in [4.78, 5) is 43.4. The number of β-lactam (4-membered cyclic amide) rings is 1. The van der Waals surface area contributed by atoms with Gasteiger partial charge in [-0.3, -0.25) is 14.5 Å². The van der Waals surface area contributed by atoms with Crippen LogP contribution >= 0.6 is 46.4 Å². The van der Waals surface area contributed by atoms with Gasteiger partial charge < -0.3 is 15.3 Å². The Morgan fingerprint density at radius 2 is 2.22 bits per heavy atom. The number of amides is 2. The van der Waals surface area contributed by atoms with Crippen LogP contribution in [0, 0.1) is 6.92 Å². The van der Waals surface area contributed by atoms with Crippen LogP contribution in [0.3, 0.4) is 0 Å². The molecule has 2 atom stereocenters. The molecular weight excluding hydrogens is 498 g/mol. The maximum atomic E-state index is 12.8. The summed E-state index contributed by atoms with van der Waals surface area (Å²) in [5.74, 6) is -1.57. The molecule has 2 N–H and O–H groups in total. The normalized spacial score (nSPS) is 20.6. The summed E-state index contributed by atoms with van der Waals surface area (Å²) in [6.45, 7) is 1.84. The second-order valence-electron chi connectivity index (χ2n) is 6.41. The predicted molar refractivity (Wildman–Crippen MR) is 119 cm³/mol. The number of fused-ring (bicyclic) bond motifs is 1. The van der Waals surface area contributed by atoms with Crippen molar-refractivity contribution in [2.24, 2.45) is 5.16 Å². The average Bonchev–Trinajstić information content (AvgIpc) is 3.45. The van der Waals surface area contributed by atoms with Gasteiger partial charge >= 0.3 is 5.97 Å². The van der Waals surface area contributed by atoms with E-state index in [0.29, 0.717) is 17.1 Å². The Morgan fingerprint density at radius 1 is 1.41 bits per heavy atom. The summed E-state index contributed by atoms with van der Waals surface area (Å²) in [6, 6.07) is -0.893. The Bertz CT molecular complexity index is 1120. The van der Waals surface area contributed by atoms with Crippen LogP contribution in [0.25, 0.3) is 0 Å². The fourth-order valence-electron chi connectivity index (χ4n) is 3.05. The number of carboxylic acids is 1. The lowest BCUT2D eigenvalue weighted by Gasteiger charge is -2.49. The SMILES string of the molecule is CO/N=C(/C(=O)NC1C(=O)N2C(C(=O)O)=C(CSc3nnc(C)s3)CS[C@H]12)c1csnn1. The topological polar surface area (TPSA) is 160 Å². The molecule has 0 spiro atoms. The van der Waals surface area contributed by atoms with Crippen molar-refractivity contribution in [3.8, 4) is 0 Å². The molecule has 16 heteroatoms. The molecule has 0 saturated carbocycles. The van der Waals surface area contributed by atoms with Crippen molar-refractivity contribution >= 4 is 69.9 Å². The first-order valence-electron chi connectivity index (χ1n) is 8.93. The zero-order chi connectivity index (χ0) is 22.8. The minimum absolute atomic E-state index is 0.0486. The lowest BCUT2D eigenvalue weighted by Crippen LogP contribution is -2.71. The third-order valence-corrected chi connectivity index (χ3v) is 8.32. The van der Waals surface area contributed by atoms with Gasteiger partial charge in [0, 0.05) is 16.9 Å². The number of aliphatic carboxylic acids is 1. The molecule has 2 aromatic rings. The van der Waals surface area contributed by atoms with Gasteiger partial charge in [-0.15, -0.1) is 27.1 Å². The molecule has 12 nitrogen and oxygen atoms in total. The standard InChI is InChI=1S/C16H15N7O5S4/c1-6-18-20-16(32-6)30-4-7-3-29-14-10(13(25)23(14)11(7)15(26)27)17-12(24)9(21-28-2)8-5-31-22-19-8/h5,10,14H,3-4H2,1-2H3,(H,17,24)(H,26,27)/b21-9+/t10?,14-/m1/s1. The van der Waals surface area contributed by atoms with Gasteiger partial charge in [-0.25, -0.2) is 4.79 Å². The van der Waals surface area contributed by atoms with E-state index in [1.165, 1.54) is 52.3 Å². The number of hydrogen-bond acceptors (Lipinski definition) is 13. The van der Waals surface area contributed by atoms with Gasteiger partial charge in [0.05, 0.1) is 0 Å². The molecule has 0 aromatic carbocycles. The highest BCUT2D eigenvalue weighted by molar-refractivity contribution is 8.01. The fourth-order valence-corrected chi connectivity index (χ4v) is 6.79. The molecule has 4 heterocycles. The van der Waals surface area contributed by atoms with Crippen molar-refractivity contribution in [3.63, 3.8) is 0 Å². The number of carbonyl (C=O) groups is 3. The maximum Gasteiger partial charge on any atom is 0.352 e. The lowest BCUT2D eigenvalue weighted by atomic mass is 10.0. The number of carbonyl (C=O) groups excluding carboxylic acids is 2. The number of rotatable bonds is 8. The summed E-state index contributed by atoms with van der Waals surface area (Å²) in [6.07, 6.45) is 0. The average molecular weight is 514 g/mol. The minimum Gasteiger partial charge on any atom is -0.477 e. The number of aromatic nitrogens is 4. The summed E-state index contributed by atoms with van der Waals surface area (Å²) in [5, 5.41) is 29.6. The molecule has 1 saturated heterocycles.